The zero-order valence-electron chi connectivity index (χ0n) is 10.8. The molecule has 0 bridgehead atoms. The van der Waals surface area contributed by atoms with Gasteiger partial charge >= 0.3 is 6.18 Å². The predicted molar refractivity (Wildman–Crippen MR) is 70.9 cm³/mol. The molecule has 0 aromatic heterocycles. The maximum atomic E-state index is 12.5. The second kappa shape index (κ2) is 6.20. The minimum atomic E-state index is -4.57. The van der Waals surface area contributed by atoms with E-state index in [1.54, 1.807) is 0 Å². The lowest BCUT2D eigenvalue weighted by Crippen LogP contribution is -2.36. The normalized spacial score (nSPS) is 12.7. The first-order chi connectivity index (χ1) is 9.43. The van der Waals surface area contributed by atoms with Gasteiger partial charge in [-0.2, -0.15) is 17.5 Å². The summed E-state index contributed by atoms with van der Waals surface area (Å²) >= 11 is 5.68. The number of hydrogen-bond acceptors (Lipinski definition) is 3. The van der Waals surface area contributed by atoms with E-state index in [0.717, 1.165) is 19.2 Å². The number of nitrogens with zero attached hydrogens (tertiary/aromatic N) is 1. The first-order valence-corrected chi connectivity index (χ1v) is 7.50. The van der Waals surface area contributed by atoms with Crippen LogP contribution in [0.4, 0.5) is 13.2 Å². The van der Waals surface area contributed by atoms with E-state index >= 15 is 0 Å². The predicted octanol–water partition coefficient (Wildman–Crippen LogP) is 1.61. The molecule has 0 aliphatic heterocycles. The highest BCUT2D eigenvalue weighted by atomic mass is 35.5. The molecule has 0 aliphatic rings. The Morgan fingerprint density at radius 3 is 2.38 bits per heavy atom. The highest BCUT2D eigenvalue weighted by Crippen LogP contribution is 2.32. The molecule has 1 rings (SSSR count). The van der Waals surface area contributed by atoms with Gasteiger partial charge in [0, 0.05) is 12.1 Å². The van der Waals surface area contributed by atoms with Crippen LogP contribution in [0.15, 0.2) is 18.2 Å². The van der Waals surface area contributed by atoms with Crippen molar-refractivity contribution in [1.82, 2.24) is 4.31 Å². The number of halogens is 4. The molecule has 0 saturated heterocycles. The lowest BCUT2D eigenvalue weighted by atomic mass is 10.1. The zero-order chi connectivity index (χ0) is 16.4. The van der Waals surface area contributed by atoms with Crippen molar-refractivity contribution in [2.24, 2.45) is 5.73 Å². The van der Waals surface area contributed by atoms with Gasteiger partial charge in [-0.1, -0.05) is 17.7 Å². The lowest BCUT2D eigenvalue weighted by Gasteiger charge is -2.16. The van der Waals surface area contributed by atoms with Crippen LogP contribution in [-0.4, -0.2) is 32.2 Å². The SMILES string of the molecule is CN(CC(N)=O)S(=O)(=O)Cc1ccc(C(F)(F)F)cc1Cl. The van der Waals surface area contributed by atoms with Crippen LogP contribution in [0.5, 0.6) is 0 Å². The monoisotopic (exact) mass is 344 g/mol. The summed E-state index contributed by atoms with van der Waals surface area (Å²) in [5.41, 5.74) is 3.91. The molecule has 10 heteroatoms. The van der Waals surface area contributed by atoms with E-state index in [2.05, 4.69) is 0 Å². The maximum absolute atomic E-state index is 12.5. The molecule has 1 amide bonds. The number of carbonyl (C=O) groups excluding carboxylic acids is 1. The largest absolute Gasteiger partial charge is 0.416 e. The number of nitrogens with two attached hydrogens (primary N) is 1. The standard InChI is InChI=1S/C11H12ClF3N2O3S/c1-17(5-10(16)18)21(19,20)6-7-2-3-8(4-9(7)12)11(13,14)15/h2-4H,5-6H2,1H3,(H2,16,18). The molecule has 0 aliphatic carbocycles. The van der Waals surface area contributed by atoms with Crippen LogP contribution in [-0.2, 0) is 26.7 Å². The van der Waals surface area contributed by atoms with Crippen molar-refractivity contribution in [2.75, 3.05) is 13.6 Å². The molecule has 0 radical (unpaired) electrons. The van der Waals surface area contributed by atoms with E-state index < -0.39 is 40.0 Å². The Hall–Kier alpha value is -1.32. The van der Waals surface area contributed by atoms with E-state index in [1.165, 1.54) is 0 Å². The Labute approximate surface area is 124 Å². The van der Waals surface area contributed by atoms with Gasteiger partial charge in [-0.05, 0) is 17.7 Å². The highest BCUT2D eigenvalue weighted by molar-refractivity contribution is 7.88. The van der Waals surface area contributed by atoms with E-state index in [4.69, 9.17) is 17.3 Å². The fourth-order valence-electron chi connectivity index (χ4n) is 1.47. The summed E-state index contributed by atoms with van der Waals surface area (Å²) in [7, 11) is -2.78. The molecule has 0 saturated carbocycles. The van der Waals surface area contributed by atoms with Crippen LogP contribution >= 0.6 is 11.6 Å². The second-order valence-corrected chi connectivity index (χ2v) is 6.77. The Morgan fingerprint density at radius 2 is 1.95 bits per heavy atom. The van der Waals surface area contributed by atoms with E-state index in [-0.39, 0.29) is 10.6 Å². The number of benzene rings is 1. The Bertz CT molecular complexity index is 647. The van der Waals surface area contributed by atoms with Gasteiger partial charge in [0.05, 0.1) is 17.9 Å². The van der Waals surface area contributed by atoms with Gasteiger partial charge in [0.1, 0.15) is 0 Å². The molecule has 1 aromatic carbocycles. The van der Waals surface area contributed by atoms with Crippen molar-refractivity contribution >= 4 is 27.5 Å². The third-order valence-electron chi connectivity index (χ3n) is 2.57. The smallest absolute Gasteiger partial charge is 0.369 e. The Kier molecular flexibility index (Phi) is 5.24. The van der Waals surface area contributed by atoms with Crippen molar-refractivity contribution in [3.8, 4) is 0 Å². The summed E-state index contributed by atoms with van der Waals surface area (Å²) < 4.78 is 61.9. The molecule has 0 unspecified atom stereocenters. The average Bonchev–Trinajstić information content (AvgIpc) is 2.29. The topological polar surface area (TPSA) is 80.5 Å². The molecule has 0 spiro atoms. The zero-order valence-corrected chi connectivity index (χ0v) is 12.4. The molecule has 118 valence electrons. The summed E-state index contributed by atoms with van der Waals surface area (Å²) in [6.45, 7) is -0.527. The number of hydrogen-bond donors (Lipinski definition) is 1. The summed E-state index contributed by atoms with van der Waals surface area (Å²) in [6.07, 6.45) is -4.57. The molecular weight excluding hydrogens is 333 g/mol. The van der Waals surface area contributed by atoms with Crippen LogP contribution in [0, 0.1) is 0 Å². The summed E-state index contributed by atoms with van der Waals surface area (Å²) in [4.78, 5) is 10.7. The quantitative estimate of drug-likeness (QED) is 0.881. The van der Waals surface area contributed by atoms with Crippen molar-refractivity contribution in [1.29, 1.82) is 0 Å². The van der Waals surface area contributed by atoms with Gasteiger partial charge in [-0.15, -0.1) is 0 Å². The summed E-state index contributed by atoms with van der Waals surface area (Å²) in [5, 5.41) is -0.319. The van der Waals surface area contributed by atoms with E-state index in [0.29, 0.717) is 10.4 Å². The first-order valence-electron chi connectivity index (χ1n) is 5.51. The van der Waals surface area contributed by atoms with Crippen molar-refractivity contribution in [3.05, 3.63) is 34.3 Å². The molecule has 0 heterocycles. The van der Waals surface area contributed by atoms with Crippen LogP contribution in [0.1, 0.15) is 11.1 Å². The number of alkyl halides is 3. The first kappa shape index (κ1) is 17.7. The number of amides is 1. The number of likely N-dealkylation sites (N-methyl/N-ethyl adjacent to an activating group) is 1. The minimum Gasteiger partial charge on any atom is -0.369 e. The van der Waals surface area contributed by atoms with Crippen LogP contribution in [0.3, 0.4) is 0 Å². The lowest BCUT2D eigenvalue weighted by molar-refractivity contribution is -0.137. The molecule has 0 atom stereocenters. The summed E-state index contributed by atoms with van der Waals surface area (Å²) in [5.74, 6) is -1.48. The summed E-state index contributed by atoms with van der Waals surface area (Å²) in [6, 6.07) is 2.38. The van der Waals surface area contributed by atoms with Gasteiger partial charge in [0.2, 0.25) is 15.9 Å². The van der Waals surface area contributed by atoms with Gasteiger partial charge in [0.15, 0.2) is 0 Å². The van der Waals surface area contributed by atoms with Gasteiger partial charge in [0.25, 0.3) is 0 Å². The number of primary amides is 1. The average molecular weight is 345 g/mol. The van der Waals surface area contributed by atoms with Crippen LogP contribution < -0.4 is 5.73 Å². The van der Waals surface area contributed by atoms with Crippen molar-refractivity contribution < 1.29 is 26.4 Å². The fraction of sp³-hybridized carbons (Fsp3) is 0.364. The molecule has 21 heavy (non-hydrogen) atoms. The number of rotatable bonds is 5. The number of sulfonamides is 1. The van der Waals surface area contributed by atoms with Gasteiger partial charge in [-0.25, -0.2) is 8.42 Å². The second-order valence-electron chi connectivity index (χ2n) is 4.28. The molecule has 2 N–H and O–H groups in total. The fourth-order valence-corrected chi connectivity index (χ4v) is 2.98. The maximum Gasteiger partial charge on any atom is 0.416 e. The third kappa shape index (κ3) is 4.87. The van der Waals surface area contributed by atoms with Gasteiger partial charge in [-0.3, -0.25) is 4.79 Å². The van der Waals surface area contributed by atoms with Crippen LogP contribution in [0.2, 0.25) is 5.02 Å². The Morgan fingerprint density at radius 1 is 1.38 bits per heavy atom. The Balaban J connectivity index is 3.01. The van der Waals surface area contributed by atoms with E-state index in [9.17, 15) is 26.4 Å². The molecule has 1 aromatic rings. The van der Waals surface area contributed by atoms with E-state index in [1.807, 2.05) is 0 Å². The molecular formula is C11H12ClF3N2O3S. The van der Waals surface area contributed by atoms with Crippen LogP contribution in [0.25, 0.3) is 0 Å². The van der Waals surface area contributed by atoms with Gasteiger partial charge < -0.3 is 5.73 Å². The van der Waals surface area contributed by atoms with Crippen molar-refractivity contribution in [3.63, 3.8) is 0 Å². The molecule has 5 nitrogen and oxygen atoms in total. The third-order valence-corrected chi connectivity index (χ3v) is 4.68. The number of carbonyl (C=O) groups is 1. The molecule has 0 fully saturated rings. The minimum absolute atomic E-state index is 0.000914. The van der Waals surface area contributed by atoms with Crippen molar-refractivity contribution in [2.45, 2.75) is 11.9 Å². The highest BCUT2D eigenvalue weighted by Gasteiger charge is 2.31.